The van der Waals surface area contributed by atoms with Gasteiger partial charge in [0.05, 0.1) is 7.11 Å². The van der Waals surface area contributed by atoms with Crippen molar-refractivity contribution in [3.8, 4) is 5.75 Å². The van der Waals surface area contributed by atoms with Crippen LogP contribution in [0, 0.1) is 5.92 Å². The van der Waals surface area contributed by atoms with Gasteiger partial charge in [-0.05, 0) is 30.2 Å². The Morgan fingerprint density at radius 3 is 2.62 bits per heavy atom. The van der Waals surface area contributed by atoms with E-state index in [4.69, 9.17) is 4.74 Å². The van der Waals surface area contributed by atoms with Gasteiger partial charge in [0.25, 0.3) is 5.91 Å². The zero-order valence-corrected chi connectivity index (χ0v) is 12.2. The van der Waals surface area contributed by atoms with Crippen LogP contribution in [-0.4, -0.2) is 48.4 Å². The second-order valence-corrected chi connectivity index (χ2v) is 5.85. The fraction of sp³-hybridized carbons (Fsp3) is 0.615. The Labute approximate surface area is 124 Å². The van der Waals surface area contributed by atoms with Gasteiger partial charge in [-0.3, -0.25) is 4.79 Å². The summed E-state index contributed by atoms with van der Waals surface area (Å²) in [6, 6.07) is 1.68. The van der Waals surface area contributed by atoms with Crippen LogP contribution >= 0.6 is 11.3 Å². The number of piperidine rings is 1. The second-order valence-electron chi connectivity index (χ2n) is 4.93. The molecule has 0 radical (unpaired) electrons. The molecular weight excluding hydrogens is 307 g/mol. The molecule has 0 aliphatic carbocycles. The van der Waals surface area contributed by atoms with Crippen LogP contribution < -0.4 is 4.74 Å². The number of carbonyl (C=O) groups excluding carboxylic acids is 1. The van der Waals surface area contributed by atoms with Crippen LogP contribution in [0.3, 0.4) is 0 Å². The van der Waals surface area contributed by atoms with Gasteiger partial charge in [-0.15, -0.1) is 11.3 Å². The van der Waals surface area contributed by atoms with Crippen molar-refractivity contribution in [3.63, 3.8) is 0 Å². The van der Waals surface area contributed by atoms with E-state index >= 15 is 0 Å². The smallest absolute Gasteiger partial charge is 0.414 e. The van der Waals surface area contributed by atoms with Gasteiger partial charge in [-0.1, -0.05) is 0 Å². The maximum atomic E-state index is 12.5. The molecule has 1 atom stereocenters. The summed E-state index contributed by atoms with van der Waals surface area (Å²) >= 11 is 1.24. The fourth-order valence-corrected chi connectivity index (χ4v) is 3.27. The molecule has 21 heavy (non-hydrogen) atoms. The van der Waals surface area contributed by atoms with Gasteiger partial charge in [0, 0.05) is 13.1 Å². The van der Waals surface area contributed by atoms with Crippen molar-refractivity contribution in [2.45, 2.75) is 25.1 Å². The molecule has 1 N–H and O–H groups in total. The van der Waals surface area contributed by atoms with E-state index < -0.39 is 18.2 Å². The summed E-state index contributed by atoms with van der Waals surface area (Å²) in [6.45, 7) is 0.412. The highest BCUT2D eigenvalue weighted by Crippen LogP contribution is 2.33. The van der Waals surface area contributed by atoms with Crippen molar-refractivity contribution >= 4 is 17.2 Å². The second kappa shape index (κ2) is 6.23. The number of alkyl halides is 3. The number of thiophene rings is 1. The molecule has 4 nitrogen and oxygen atoms in total. The summed E-state index contributed by atoms with van der Waals surface area (Å²) in [7, 11) is 1.46. The average molecular weight is 323 g/mol. The Hall–Kier alpha value is -1.28. The van der Waals surface area contributed by atoms with Gasteiger partial charge in [0.1, 0.15) is 10.6 Å². The Bertz CT molecular complexity index is 495. The first-order valence-electron chi connectivity index (χ1n) is 6.50. The minimum atomic E-state index is -4.60. The zero-order valence-electron chi connectivity index (χ0n) is 11.4. The van der Waals surface area contributed by atoms with Crippen molar-refractivity contribution in [3.05, 3.63) is 16.3 Å². The average Bonchev–Trinajstić information content (AvgIpc) is 2.93. The quantitative estimate of drug-likeness (QED) is 0.930. The number of rotatable bonds is 3. The Morgan fingerprint density at radius 1 is 1.48 bits per heavy atom. The van der Waals surface area contributed by atoms with E-state index in [1.165, 1.54) is 23.3 Å². The van der Waals surface area contributed by atoms with Crippen LogP contribution in [0.1, 0.15) is 22.5 Å². The van der Waals surface area contributed by atoms with E-state index in [9.17, 15) is 23.1 Å². The van der Waals surface area contributed by atoms with E-state index in [0.717, 1.165) is 0 Å². The number of aliphatic hydroxyl groups is 1. The topological polar surface area (TPSA) is 49.8 Å². The fourth-order valence-electron chi connectivity index (χ4n) is 2.44. The summed E-state index contributed by atoms with van der Waals surface area (Å²) in [5.74, 6) is -0.608. The van der Waals surface area contributed by atoms with Crippen LogP contribution in [0.15, 0.2) is 11.4 Å². The highest BCUT2D eigenvalue weighted by Gasteiger charge is 2.44. The predicted molar refractivity (Wildman–Crippen MR) is 71.6 cm³/mol. The molecule has 0 bridgehead atoms. The van der Waals surface area contributed by atoms with Crippen molar-refractivity contribution in [1.29, 1.82) is 0 Å². The van der Waals surface area contributed by atoms with Crippen LogP contribution in [0.4, 0.5) is 13.2 Å². The van der Waals surface area contributed by atoms with Crippen molar-refractivity contribution in [2.24, 2.45) is 5.92 Å². The minimum absolute atomic E-state index is 0.139. The van der Waals surface area contributed by atoms with E-state index in [-0.39, 0.29) is 31.8 Å². The van der Waals surface area contributed by atoms with E-state index in [0.29, 0.717) is 10.6 Å². The molecule has 1 fully saturated rings. The number of methoxy groups -OCH3 is 1. The zero-order chi connectivity index (χ0) is 15.6. The lowest BCUT2D eigenvalue weighted by atomic mass is 9.91. The van der Waals surface area contributed by atoms with Gasteiger partial charge in [0.15, 0.2) is 6.10 Å². The molecule has 1 aromatic rings. The standard InChI is InChI=1S/C13H16F3NO3S/c1-20-9-4-7-21-10(9)12(19)17-5-2-8(3-6-17)11(18)13(14,15)16/h4,7-8,11,18H,2-3,5-6H2,1H3. The molecule has 0 aromatic carbocycles. The Kier molecular flexibility index (Phi) is 4.77. The lowest BCUT2D eigenvalue weighted by molar-refractivity contribution is -0.222. The van der Waals surface area contributed by atoms with Crippen LogP contribution in [0.25, 0.3) is 0 Å². The van der Waals surface area contributed by atoms with Crippen LogP contribution in [0.5, 0.6) is 5.75 Å². The van der Waals surface area contributed by atoms with Gasteiger partial charge in [-0.2, -0.15) is 13.2 Å². The molecule has 1 aromatic heterocycles. The number of carbonyl (C=O) groups is 1. The van der Waals surface area contributed by atoms with Gasteiger partial charge < -0.3 is 14.7 Å². The van der Waals surface area contributed by atoms with Crippen molar-refractivity contribution in [2.75, 3.05) is 20.2 Å². The molecule has 2 heterocycles. The van der Waals surface area contributed by atoms with Gasteiger partial charge in [0.2, 0.25) is 0 Å². The van der Waals surface area contributed by atoms with Crippen LogP contribution in [0.2, 0.25) is 0 Å². The third kappa shape index (κ3) is 3.49. The molecular formula is C13H16F3NO3S. The Balaban J connectivity index is 1.97. The summed E-state index contributed by atoms with van der Waals surface area (Å²) < 4.78 is 42.5. The van der Waals surface area contributed by atoms with E-state index in [2.05, 4.69) is 0 Å². The maximum absolute atomic E-state index is 12.5. The molecule has 118 valence electrons. The molecule has 1 unspecified atom stereocenters. The van der Waals surface area contributed by atoms with Crippen LogP contribution in [-0.2, 0) is 0 Å². The molecule has 8 heteroatoms. The number of hydrogen-bond acceptors (Lipinski definition) is 4. The first-order chi connectivity index (χ1) is 9.84. The third-order valence-corrected chi connectivity index (χ3v) is 4.54. The summed E-state index contributed by atoms with van der Waals surface area (Å²) in [4.78, 5) is 14.2. The van der Waals surface area contributed by atoms with Gasteiger partial charge >= 0.3 is 6.18 Å². The van der Waals surface area contributed by atoms with Gasteiger partial charge in [-0.25, -0.2) is 0 Å². The largest absolute Gasteiger partial charge is 0.495 e. The number of halogens is 3. The third-order valence-electron chi connectivity index (χ3n) is 3.65. The monoisotopic (exact) mass is 323 g/mol. The summed E-state index contributed by atoms with van der Waals surface area (Å²) in [5.41, 5.74) is 0. The molecule has 2 rings (SSSR count). The van der Waals surface area contributed by atoms with E-state index in [1.54, 1.807) is 11.4 Å². The molecule has 1 aliphatic rings. The minimum Gasteiger partial charge on any atom is -0.495 e. The summed E-state index contributed by atoms with van der Waals surface area (Å²) in [5, 5.41) is 11.0. The molecule has 0 spiro atoms. The molecule has 1 amide bonds. The lowest BCUT2D eigenvalue weighted by Crippen LogP contribution is -2.45. The number of nitrogens with zero attached hydrogens (tertiary/aromatic N) is 1. The predicted octanol–water partition coefficient (Wildman–Crippen LogP) is 2.53. The number of hydrogen-bond donors (Lipinski definition) is 1. The Morgan fingerprint density at radius 2 is 2.10 bits per heavy atom. The van der Waals surface area contributed by atoms with E-state index in [1.807, 2.05) is 0 Å². The first kappa shape index (κ1) is 16.1. The number of aliphatic hydroxyl groups excluding tert-OH is 1. The molecule has 0 saturated carbocycles. The van der Waals surface area contributed by atoms with Crippen molar-refractivity contribution < 1.29 is 27.8 Å². The lowest BCUT2D eigenvalue weighted by Gasteiger charge is -2.34. The molecule has 1 saturated heterocycles. The SMILES string of the molecule is COc1ccsc1C(=O)N1CCC(C(O)C(F)(F)F)CC1. The summed E-state index contributed by atoms with van der Waals surface area (Å²) in [6.07, 6.45) is -6.64. The normalized spacial score (nSPS) is 18.6. The molecule has 1 aliphatic heterocycles. The van der Waals surface area contributed by atoms with Crippen molar-refractivity contribution in [1.82, 2.24) is 4.90 Å². The highest BCUT2D eigenvalue weighted by atomic mass is 32.1. The number of ether oxygens (including phenoxy) is 1. The maximum Gasteiger partial charge on any atom is 0.414 e. The number of likely N-dealkylation sites (tertiary alicyclic amines) is 1. The number of amides is 1. The highest BCUT2D eigenvalue weighted by molar-refractivity contribution is 7.12. The first-order valence-corrected chi connectivity index (χ1v) is 7.38.